The summed E-state index contributed by atoms with van der Waals surface area (Å²) in [5.41, 5.74) is 0. The summed E-state index contributed by atoms with van der Waals surface area (Å²) in [5, 5.41) is 0. The monoisotopic (exact) mass is 424 g/mol. The molecule has 0 N–H and O–H groups in total. The largest absolute Gasteiger partial charge is 0.466 e. The van der Waals surface area contributed by atoms with Crippen molar-refractivity contribution >= 4 is 11.9 Å². The number of unbranched alkanes of at least 4 members (excludes halogenated alkanes) is 12. The molecule has 176 valence electrons. The number of hydrogen-bond acceptors (Lipinski definition) is 4. The molecule has 0 bridgehead atoms. The van der Waals surface area contributed by atoms with Gasteiger partial charge in [-0.15, -0.1) is 0 Å². The predicted octanol–water partition coefficient (Wildman–Crippen LogP) is 7.69. The fourth-order valence-corrected chi connectivity index (χ4v) is 3.24. The molecule has 0 aliphatic carbocycles. The second kappa shape index (κ2) is 24.0. The Hall–Kier alpha value is -1.32. The normalized spacial score (nSPS) is 11.1. The summed E-state index contributed by atoms with van der Waals surface area (Å²) < 4.78 is 10.4. The summed E-state index contributed by atoms with van der Waals surface area (Å²) >= 11 is 0. The van der Waals surface area contributed by atoms with Crippen LogP contribution in [0.25, 0.3) is 0 Å². The lowest BCUT2D eigenvalue weighted by Gasteiger charge is -2.04. The van der Waals surface area contributed by atoms with Gasteiger partial charge in [0.1, 0.15) is 0 Å². The van der Waals surface area contributed by atoms with E-state index in [9.17, 15) is 9.59 Å². The topological polar surface area (TPSA) is 52.6 Å². The lowest BCUT2D eigenvalue weighted by atomic mass is 10.1. The lowest BCUT2D eigenvalue weighted by Crippen LogP contribution is -2.05. The van der Waals surface area contributed by atoms with Crippen molar-refractivity contribution in [2.75, 3.05) is 13.2 Å². The van der Waals surface area contributed by atoms with Crippen LogP contribution in [0.1, 0.15) is 129 Å². The third kappa shape index (κ3) is 23.0. The number of carbonyl (C=O) groups is 2. The average molecular weight is 425 g/mol. The standard InChI is InChI=1S/C26H48O4/c1-3-5-19-23-29-25(27)21-17-15-13-11-9-7-8-10-12-14-16-18-22-26(28)30-24-20-6-4-2/h11,13H,3-10,12,14-24H2,1-2H3/b13-11+. The highest BCUT2D eigenvalue weighted by molar-refractivity contribution is 5.69. The number of hydrogen-bond donors (Lipinski definition) is 0. The van der Waals surface area contributed by atoms with Crippen molar-refractivity contribution in [1.29, 1.82) is 0 Å². The molecule has 30 heavy (non-hydrogen) atoms. The molecule has 0 aromatic rings. The van der Waals surface area contributed by atoms with Crippen LogP contribution in [0.15, 0.2) is 12.2 Å². The van der Waals surface area contributed by atoms with Gasteiger partial charge < -0.3 is 9.47 Å². The van der Waals surface area contributed by atoms with Gasteiger partial charge in [0.05, 0.1) is 13.2 Å². The fourth-order valence-electron chi connectivity index (χ4n) is 3.24. The van der Waals surface area contributed by atoms with E-state index in [1.54, 1.807) is 0 Å². The maximum absolute atomic E-state index is 11.6. The molecule has 0 unspecified atom stereocenters. The maximum atomic E-state index is 11.6. The van der Waals surface area contributed by atoms with Gasteiger partial charge >= 0.3 is 11.9 Å². The van der Waals surface area contributed by atoms with Crippen LogP contribution < -0.4 is 0 Å². The summed E-state index contributed by atoms with van der Waals surface area (Å²) in [4.78, 5) is 23.1. The molecule has 0 fully saturated rings. The molecule has 0 atom stereocenters. The molecular formula is C26H48O4. The van der Waals surface area contributed by atoms with E-state index in [1.165, 1.54) is 32.1 Å². The van der Waals surface area contributed by atoms with Gasteiger partial charge in [-0.25, -0.2) is 0 Å². The third-order valence-electron chi connectivity index (χ3n) is 5.19. The number of allylic oxidation sites excluding steroid dienone is 2. The second-order valence-electron chi connectivity index (χ2n) is 8.23. The SMILES string of the molecule is CCCCCOC(=O)CCC/C=C/CCCCCCCCCC(=O)OCCCCC. The van der Waals surface area contributed by atoms with E-state index >= 15 is 0 Å². The minimum Gasteiger partial charge on any atom is -0.466 e. The van der Waals surface area contributed by atoms with Crippen molar-refractivity contribution in [2.45, 2.75) is 129 Å². The van der Waals surface area contributed by atoms with Crippen molar-refractivity contribution < 1.29 is 19.1 Å². The van der Waals surface area contributed by atoms with Gasteiger partial charge in [0, 0.05) is 12.8 Å². The summed E-state index contributed by atoms with van der Waals surface area (Å²) in [7, 11) is 0. The molecule has 0 saturated carbocycles. The first kappa shape index (κ1) is 28.7. The summed E-state index contributed by atoms with van der Waals surface area (Å²) in [6.07, 6.45) is 23.4. The van der Waals surface area contributed by atoms with Crippen LogP contribution in [0.5, 0.6) is 0 Å². The summed E-state index contributed by atoms with van der Waals surface area (Å²) in [6, 6.07) is 0. The van der Waals surface area contributed by atoms with E-state index in [4.69, 9.17) is 9.47 Å². The van der Waals surface area contributed by atoms with Crippen LogP contribution in [-0.2, 0) is 19.1 Å². The Morgan fingerprint density at radius 2 is 0.967 bits per heavy atom. The Morgan fingerprint density at radius 3 is 1.50 bits per heavy atom. The zero-order chi connectivity index (χ0) is 22.1. The number of rotatable bonds is 22. The summed E-state index contributed by atoms with van der Waals surface area (Å²) in [5.74, 6) is -0.0786. The fraction of sp³-hybridized carbons (Fsp3) is 0.846. The quantitative estimate of drug-likeness (QED) is 0.101. The van der Waals surface area contributed by atoms with E-state index in [1.807, 2.05) is 0 Å². The van der Waals surface area contributed by atoms with Crippen LogP contribution in [0, 0.1) is 0 Å². The minimum absolute atomic E-state index is 0.0262. The molecule has 0 heterocycles. The molecule has 4 nitrogen and oxygen atoms in total. The van der Waals surface area contributed by atoms with Crippen molar-refractivity contribution in [3.05, 3.63) is 12.2 Å². The van der Waals surface area contributed by atoms with Gasteiger partial charge in [0.2, 0.25) is 0 Å². The molecular weight excluding hydrogens is 376 g/mol. The molecule has 0 spiro atoms. The Morgan fingerprint density at radius 1 is 0.533 bits per heavy atom. The van der Waals surface area contributed by atoms with Crippen molar-refractivity contribution in [2.24, 2.45) is 0 Å². The first-order valence-corrected chi connectivity index (χ1v) is 12.7. The second-order valence-corrected chi connectivity index (χ2v) is 8.23. The van der Waals surface area contributed by atoms with Gasteiger partial charge in [0.25, 0.3) is 0 Å². The number of carbonyl (C=O) groups excluding carboxylic acids is 2. The highest BCUT2D eigenvalue weighted by atomic mass is 16.5. The zero-order valence-corrected chi connectivity index (χ0v) is 19.9. The van der Waals surface area contributed by atoms with Crippen molar-refractivity contribution in [3.8, 4) is 0 Å². The Balaban J connectivity index is 3.26. The zero-order valence-electron chi connectivity index (χ0n) is 19.9. The van der Waals surface area contributed by atoms with E-state index in [2.05, 4.69) is 26.0 Å². The Labute approximate surface area is 186 Å². The van der Waals surface area contributed by atoms with Gasteiger partial charge in [-0.3, -0.25) is 9.59 Å². The highest BCUT2D eigenvalue weighted by Crippen LogP contribution is 2.11. The predicted molar refractivity (Wildman–Crippen MR) is 126 cm³/mol. The van der Waals surface area contributed by atoms with Crippen LogP contribution in [0.4, 0.5) is 0 Å². The van der Waals surface area contributed by atoms with Gasteiger partial charge in [0.15, 0.2) is 0 Å². The van der Waals surface area contributed by atoms with Crippen molar-refractivity contribution in [1.82, 2.24) is 0 Å². The van der Waals surface area contributed by atoms with Crippen LogP contribution >= 0.6 is 0 Å². The molecule has 0 aromatic heterocycles. The summed E-state index contributed by atoms with van der Waals surface area (Å²) in [6.45, 7) is 5.46. The molecule has 0 aliphatic rings. The molecule has 4 heteroatoms. The molecule has 0 saturated heterocycles. The van der Waals surface area contributed by atoms with Gasteiger partial charge in [-0.2, -0.15) is 0 Å². The Bertz CT molecular complexity index is 417. The van der Waals surface area contributed by atoms with Gasteiger partial charge in [-0.1, -0.05) is 83.8 Å². The Kier molecular flexibility index (Phi) is 22.9. The van der Waals surface area contributed by atoms with E-state index in [0.717, 1.165) is 70.6 Å². The van der Waals surface area contributed by atoms with Gasteiger partial charge in [-0.05, 0) is 44.9 Å². The first-order valence-electron chi connectivity index (χ1n) is 12.7. The molecule has 0 rings (SSSR count). The molecule has 0 amide bonds. The van der Waals surface area contributed by atoms with Crippen LogP contribution in [0.3, 0.4) is 0 Å². The van der Waals surface area contributed by atoms with Crippen LogP contribution in [-0.4, -0.2) is 25.2 Å². The molecule has 0 aliphatic heterocycles. The first-order chi connectivity index (χ1) is 14.7. The smallest absolute Gasteiger partial charge is 0.305 e. The number of ether oxygens (including phenoxy) is 2. The van der Waals surface area contributed by atoms with Crippen LogP contribution in [0.2, 0.25) is 0 Å². The van der Waals surface area contributed by atoms with E-state index in [0.29, 0.717) is 26.1 Å². The molecule has 0 aromatic carbocycles. The maximum Gasteiger partial charge on any atom is 0.305 e. The van der Waals surface area contributed by atoms with E-state index in [-0.39, 0.29) is 11.9 Å². The van der Waals surface area contributed by atoms with E-state index < -0.39 is 0 Å². The average Bonchev–Trinajstić information content (AvgIpc) is 2.74. The number of esters is 2. The van der Waals surface area contributed by atoms with Crippen molar-refractivity contribution in [3.63, 3.8) is 0 Å². The molecule has 0 radical (unpaired) electrons. The minimum atomic E-state index is -0.0524. The highest BCUT2D eigenvalue weighted by Gasteiger charge is 2.02. The third-order valence-corrected chi connectivity index (χ3v) is 5.19. The lowest BCUT2D eigenvalue weighted by molar-refractivity contribution is -0.144.